The van der Waals surface area contributed by atoms with Crippen LogP contribution in [0.25, 0.3) is 6.08 Å². The Labute approximate surface area is 138 Å². The number of aliphatic hydroxyl groups excluding tert-OH is 1. The van der Waals surface area contributed by atoms with Crippen LogP contribution in [0.1, 0.15) is 5.56 Å². The Morgan fingerprint density at radius 1 is 0.692 bits per heavy atom. The van der Waals surface area contributed by atoms with Gasteiger partial charge < -0.3 is 5.11 Å². The molecule has 0 heterocycles. The van der Waals surface area contributed by atoms with Crippen LogP contribution in [0.4, 0.5) is 48.3 Å². The SMILES string of the molecule is OC(C=Cc1ccccc1)C(F)(F)C(F)(F)C(F)(F)C(F)(F)C(F)(F)F. The normalized spacial score (nSPS) is 16.2. The van der Waals surface area contributed by atoms with E-state index in [1.807, 2.05) is 0 Å². The van der Waals surface area contributed by atoms with Crippen LogP contribution in [0.15, 0.2) is 36.4 Å². The van der Waals surface area contributed by atoms with Gasteiger partial charge in [-0.2, -0.15) is 48.3 Å². The van der Waals surface area contributed by atoms with Crippen LogP contribution in [-0.4, -0.2) is 41.1 Å². The number of alkyl halides is 11. The van der Waals surface area contributed by atoms with E-state index in [1.54, 1.807) is 0 Å². The van der Waals surface area contributed by atoms with Crippen molar-refractivity contribution in [1.82, 2.24) is 0 Å². The lowest BCUT2D eigenvalue weighted by Gasteiger charge is -2.38. The third-order valence-corrected chi connectivity index (χ3v) is 3.21. The second-order valence-electron chi connectivity index (χ2n) is 5.06. The third-order valence-electron chi connectivity index (χ3n) is 3.21. The summed E-state index contributed by atoms with van der Waals surface area (Å²) in [7, 11) is 0. The maximum Gasteiger partial charge on any atom is 0.460 e. The molecule has 0 spiro atoms. The minimum atomic E-state index is -7.54. The predicted molar refractivity (Wildman–Crippen MR) is 67.3 cm³/mol. The summed E-state index contributed by atoms with van der Waals surface area (Å²) in [5.41, 5.74) is 0.0260. The molecule has 1 unspecified atom stereocenters. The van der Waals surface area contributed by atoms with Gasteiger partial charge in [0, 0.05) is 0 Å². The van der Waals surface area contributed by atoms with E-state index in [-0.39, 0.29) is 11.6 Å². The van der Waals surface area contributed by atoms with E-state index in [1.165, 1.54) is 30.3 Å². The molecule has 0 saturated carbocycles. The molecule has 12 heteroatoms. The van der Waals surface area contributed by atoms with Gasteiger partial charge in [0.2, 0.25) is 0 Å². The van der Waals surface area contributed by atoms with Crippen molar-refractivity contribution in [3.8, 4) is 0 Å². The molecule has 1 aromatic carbocycles. The highest BCUT2D eigenvalue weighted by Crippen LogP contribution is 2.58. The zero-order valence-corrected chi connectivity index (χ0v) is 12.2. The number of rotatable bonds is 6. The average molecular weight is 402 g/mol. The Balaban J connectivity index is 3.24. The molecule has 0 amide bonds. The molecule has 1 atom stereocenters. The Hall–Kier alpha value is -1.85. The van der Waals surface area contributed by atoms with Gasteiger partial charge in [-0.3, -0.25) is 0 Å². The molecule has 0 aliphatic rings. The molecule has 0 bridgehead atoms. The Bertz CT molecular complexity index is 634. The van der Waals surface area contributed by atoms with E-state index < -0.39 is 36.0 Å². The standard InChI is InChI=1S/C14H9F11O/c15-10(16,9(26)7-6-8-4-2-1-3-5-8)11(17,18)12(19,20)13(21,22)14(23,24)25/h1-7,9,26H. The topological polar surface area (TPSA) is 20.2 Å². The van der Waals surface area contributed by atoms with Crippen LogP contribution in [-0.2, 0) is 0 Å². The molecule has 0 saturated heterocycles. The van der Waals surface area contributed by atoms with Gasteiger partial charge in [0.15, 0.2) is 0 Å². The first-order valence-corrected chi connectivity index (χ1v) is 6.49. The van der Waals surface area contributed by atoms with Crippen molar-refractivity contribution in [2.75, 3.05) is 0 Å². The number of aliphatic hydroxyl groups is 1. The molecule has 1 nitrogen and oxygen atoms in total. The van der Waals surface area contributed by atoms with E-state index in [9.17, 15) is 48.3 Å². The first-order chi connectivity index (χ1) is 11.5. The van der Waals surface area contributed by atoms with Crippen molar-refractivity contribution in [3.05, 3.63) is 42.0 Å². The molecule has 0 aromatic heterocycles. The van der Waals surface area contributed by atoms with E-state index >= 15 is 0 Å². The highest BCUT2D eigenvalue weighted by atomic mass is 19.4. The lowest BCUT2D eigenvalue weighted by atomic mass is 9.94. The molecular weight excluding hydrogens is 393 g/mol. The van der Waals surface area contributed by atoms with Crippen LogP contribution in [0.5, 0.6) is 0 Å². The summed E-state index contributed by atoms with van der Waals surface area (Å²) >= 11 is 0. The Kier molecular flexibility index (Phi) is 5.72. The van der Waals surface area contributed by atoms with E-state index in [0.717, 1.165) is 0 Å². The number of benzene rings is 1. The first kappa shape index (κ1) is 22.2. The zero-order valence-electron chi connectivity index (χ0n) is 12.2. The first-order valence-electron chi connectivity index (χ1n) is 6.49. The van der Waals surface area contributed by atoms with Gasteiger partial charge in [-0.05, 0) is 11.6 Å². The van der Waals surface area contributed by atoms with Gasteiger partial charge >= 0.3 is 29.9 Å². The van der Waals surface area contributed by atoms with Crippen molar-refractivity contribution < 1.29 is 53.4 Å². The van der Waals surface area contributed by atoms with Crippen molar-refractivity contribution in [1.29, 1.82) is 0 Å². The van der Waals surface area contributed by atoms with E-state index in [4.69, 9.17) is 5.11 Å². The highest BCUT2D eigenvalue weighted by Gasteiger charge is 2.87. The molecular formula is C14H9F11O. The van der Waals surface area contributed by atoms with Gasteiger partial charge in [-0.15, -0.1) is 0 Å². The summed E-state index contributed by atoms with van der Waals surface area (Å²) in [5, 5.41) is 9.03. The van der Waals surface area contributed by atoms with Crippen molar-refractivity contribution in [2.24, 2.45) is 0 Å². The smallest absolute Gasteiger partial charge is 0.382 e. The highest BCUT2D eigenvalue weighted by molar-refractivity contribution is 5.49. The number of hydrogen-bond acceptors (Lipinski definition) is 1. The van der Waals surface area contributed by atoms with Crippen molar-refractivity contribution in [3.63, 3.8) is 0 Å². The van der Waals surface area contributed by atoms with Crippen LogP contribution in [0, 0.1) is 0 Å². The average Bonchev–Trinajstić information content (AvgIpc) is 2.51. The summed E-state index contributed by atoms with van der Waals surface area (Å²) in [6, 6.07) is 6.57. The van der Waals surface area contributed by atoms with Gasteiger partial charge in [-0.25, -0.2) is 0 Å². The second-order valence-corrected chi connectivity index (χ2v) is 5.06. The van der Waals surface area contributed by atoms with Gasteiger partial charge in [0.25, 0.3) is 0 Å². The third kappa shape index (κ3) is 3.51. The molecule has 0 radical (unpaired) electrons. The molecule has 1 rings (SSSR count). The molecule has 1 aromatic rings. The van der Waals surface area contributed by atoms with Gasteiger partial charge in [-0.1, -0.05) is 36.4 Å². The van der Waals surface area contributed by atoms with Crippen LogP contribution in [0.3, 0.4) is 0 Å². The summed E-state index contributed by atoms with van der Waals surface area (Å²) < 4.78 is 141. The van der Waals surface area contributed by atoms with Crippen molar-refractivity contribution >= 4 is 6.08 Å². The molecule has 1 N–H and O–H groups in total. The Morgan fingerprint density at radius 3 is 1.58 bits per heavy atom. The largest absolute Gasteiger partial charge is 0.460 e. The van der Waals surface area contributed by atoms with E-state index in [0.29, 0.717) is 6.08 Å². The lowest BCUT2D eigenvalue weighted by Crippen LogP contribution is -2.68. The minimum absolute atomic E-state index is 0.0260. The fourth-order valence-corrected chi connectivity index (χ4v) is 1.66. The molecule has 0 fully saturated rings. The molecule has 148 valence electrons. The number of hydrogen-bond donors (Lipinski definition) is 1. The Morgan fingerprint density at radius 2 is 1.15 bits per heavy atom. The zero-order chi connectivity index (χ0) is 20.6. The fraction of sp³-hybridized carbons (Fsp3) is 0.429. The minimum Gasteiger partial charge on any atom is -0.382 e. The lowest BCUT2D eigenvalue weighted by molar-refractivity contribution is -0.426. The maximum atomic E-state index is 13.5. The quantitative estimate of drug-likeness (QED) is 0.652. The summed E-state index contributed by atoms with van der Waals surface area (Å²) in [5.74, 6) is -28.6. The summed E-state index contributed by atoms with van der Waals surface area (Å²) in [6.45, 7) is 0. The molecule has 0 aliphatic heterocycles. The van der Waals surface area contributed by atoms with Gasteiger partial charge in [0.05, 0.1) is 0 Å². The maximum absolute atomic E-state index is 13.5. The fourth-order valence-electron chi connectivity index (χ4n) is 1.66. The summed E-state index contributed by atoms with van der Waals surface area (Å²) in [6.07, 6.45) is -10.6. The molecule has 26 heavy (non-hydrogen) atoms. The number of halogens is 11. The predicted octanol–water partition coefficient (Wildman–Crippen LogP) is 5.16. The van der Waals surface area contributed by atoms with Gasteiger partial charge in [0.1, 0.15) is 6.10 Å². The van der Waals surface area contributed by atoms with Crippen LogP contribution >= 0.6 is 0 Å². The molecule has 0 aliphatic carbocycles. The monoisotopic (exact) mass is 402 g/mol. The summed E-state index contributed by atoms with van der Waals surface area (Å²) in [4.78, 5) is 0. The second kappa shape index (κ2) is 6.71. The van der Waals surface area contributed by atoms with Crippen LogP contribution in [0.2, 0.25) is 0 Å². The van der Waals surface area contributed by atoms with Crippen molar-refractivity contribution in [2.45, 2.75) is 36.0 Å². The van der Waals surface area contributed by atoms with Crippen LogP contribution < -0.4 is 0 Å². The van der Waals surface area contributed by atoms with E-state index in [2.05, 4.69) is 0 Å².